The van der Waals surface area contributed by atoms with Gasteiger partial charge in [-0.2, -0.15) is 0 Å². The van der Waals surface area contributed by atoms with Crippen molar-refractivity contribution in [2.75, 3.05) is 0 Å². The molecule has 0 aliphatic carbocycles. The average Bonchev–Trinajstić information content (AvgIpc) is 2.59. The summed E-state index contributed by atoms with van der Waals surface area (Å²) in [6.45, 7) is 3.57. The molecule has 0 aliphatic rings. The minimum Gasteiger partial charge on any atom is -0.458 e. The SMILES string of the molecule is CC(C)OC(=O)c1cn2cc(Cl)ncc2n1. The first kappa shape index (κ1) is 10.9. The molecule has 0 amide bonds. The molecule has 6 heteroatoms. The Morgan fingerprint density at radius 3 is 2.94 bits per heavy atom. The van der Waals surface area contributed by atoms with Gasteiger partial charge in [-0.1, -0.05) is 11.6 Å². The van der Waals surface area contributed by atoms with Gasteiger partial charge in [0, 0.05) is 12.4 Å². The summed E-state index contributed by atoms with van der Waals surface area (Å²) in [6, 6.07) is 0. The monoisotopic (exact) mass is 239 g/mol. The topological polar surface area (TPSA) is 56.5 Å². The summed E-state index contributed by atoms with van der Waals surface area (Å²) < 4.78 is 6.66. The fourth-order valence-electron chi connectivity index (χ4n) is 1.25. The number of imidazole rings is 1. The van der Waals surface area contributed by atoms with Crippen molar-refractivity contribution in [1.82, 2.24) is 14.4 Å². The van der Waals surface area contributed by atoms with E-state index in [0.29, 0.717) is 10.8 Å². The molecular weight excluding hydrogens is 230 g/mol. The zero-order valence-corrected chi connectivity index (χ0v) is 9.60. The molecule has 2 heterocycles. The average molecular weight is 240 g/mol. The highest BCUT2D eigenvalue weighted by Crippen LogP contribution is 2.09. The fraction of sp³-hybridized carbons (Fsp3) is 0.300. The maximum Gasteiger partial charge on any atom is 0.358 e. The summed E-state index contributed by atoms with van der Waals surface area (Å²) in [6.07, 6.45) is 4.47. The summed E-state index contributed by atoms with van der Waals surface area (Å²) in [5, 5.41) is 0.341. The number of rotatable bonds is 2. The second-order valence-corrected chi connectivity index (χ2v) is 3.94. The molecule has 0 saturated carbocycles. The Labute approximate surface area is 97.0 Å². The van der Waals surface area contributed by atoms with E-state index in [-0.39, 0.29) is 11.8 Å². The second-order valence-electron chi connectivity index (χ2n) is 3.56. The number of carbonyl (C=O) groups excluding carboxylic acids is 1. The van der Waals surface area contributed by atoms with E-state index in [1.54, 1.807) is 30.6 Å². The van der Waals surface area contributed by atoms with Crippen LogP contribution in [0.4, 0.5) is 0 Å². The number of hydrogen-bond acceptors (Lipinski definition) is 4. The zero-order chi connectivity index (χ0) is 11.7. The van der Waals surface area contributed by atoms with Crippen molar-refractivity contribution < 1.29 is 9.53 Å². The highest BCUT2D eigenvalue weighted by Gasteiger charge is 2.13. The van der Waals surface area contributed by atoms with Gasteiger partial charge in [0.15, 0.2) is 11.3 Å². The molecule has 0 radical (unpaired) electrons. The van der Waals surface area contributed by atoms with Gasteiger partial charge in [0.1, 0.15) is 5.15 Å². The lowest BCUT2D eigenvalue weighted by molar-refractivity contribution is 0.0371. The van der Waals surface area contributed by atoms with Gasteiger partial charge in [-0.3, -0.25) is 0 Å². The third-order valence-corrected chi connectivity index (χ3v) is 2.06. The van der Waals surface area contributed by atoms with Crippen LogP contribution in [0, 0.1) is 0 Å². The van der Waals surface area contributed by atoms with Gasteiger partial charge in [0.2, 0.25) is 0 Å². The van der Waals surface area contributed by atoms with Crippen LogP contribution in [0.15, 0.2) is 18.6 Å². The largest absolute Gasteiger partial charge is 0.458 e. The Morgan fingerprint density at radius 1 is 1.50 bits per heavy atom. The number of halogens is 1. The summed E-state index contributed by atoms with van der Waals surface area (Å²) in [4.78, 5) is 19.5. The standard InChI is InChI=1S/C10H10ClN3O2/c1-6(2)16-10(15)7-4-14-5-8(11)12-3-9(14)13-7/h3-6H,1-2H3. The van der Waals surface area contributed by atoms with Gasteiger partial charge in [-0.25, -0.2) is 14.8 Å². The number of nitrogens with zero attached hydrogens (tertiary/aromatic N) is 3. The van der Waals surface area contributed by atoms with E-state index < -0.39 is 5.97 Å². The molecule has 2 rings (SSSR count). The Bertz CT molecular complexity index is 536. The summed E-state index contributed by atoms with van der Waals surface area (Å²) >= 11 is 5.72. The zero-order valence-electron chi connectivity index (χ0n) is 8.85. The molecule has 2 aromatic rings. The number of aromatic nitrogens is 3. The molecule has 0 saturated heterocycles. The van der Waals surface area contributed by atoms with Gasteiger partial charge in [0.25, 0.3) is 0 Å². The molecule has 0 N–H and O–H groups in total. The minimum absolute atomic E-state index is 0.168. The number of carbonyl (C=O) groups is 1. The first-order valence-electron chi connectivity index (χ1n) is 4.77. The molecule has 0 fully saturated rings. The lowest BCUT2D eigenvalue weighted by Crippen LogP contribution is -2.11. The van der Waals surface area contributed by atoms with Gasteiger partial charge in [-0.15, -0.1) is 0 Å². The van der Waals surface area contributed by atoms with Crippen molar-refractivity contribution in [1.29, 1.82) is 0 Å². The van der Waals surface area contributed by atoms with Crippen molar-refractivity contribution in [2.24, 2.45) is 0 Å². The molecule has 0 bridgehead atoms. The fourth-order valence-corrected chi connectivity index (χ4v) is 1.40. The molecule has 0 unspecified atom stereocenters. The molecule has 0 atom stereocenters. The Hall–Kier alpha value is -1.62. The normalized spacial score (nSPS) is 11.0. The molecule has 0 spiro atoms. The van der Waals surface area contributed by atoms with Crippen molar-refractivity contribution in [3.8, 4) is 0 Å². The van der Waals surface area contributed by atoms with E-state index >= 15 is 0 Å². The smallest absolute Gasteiger partial charge is 0.358 e. The van der Waals surface area contributed by atoms with Gasteiger partial charge < -0.3 is 9.14 Å². The number of fused-ring (bicyclic) bond motifs is 1. The van der Waals surface area contributed by atoms with Crippen LogP contribution in [-0.4, -0.2) is 26.4 Å². The molecule has 2 aromatic heterocycles. The minimum atomic E-state index is -0.449. The van der Waals surface area contributed by atoms with E-state index in [0.717, 1.165) is 0 Å². The quantitative estimate of drug-likeness (QED) is 0.752. The molecule has 84 valence electrons. The third kappa shape index (κ3) is 2.14. The van der Waals surface area contributed by atoms with E-state index in [1.165, 1.54) is 6.20 Å². The third-order valence-electron chi connectivity index (χ3n) is 1.86. The van der Waals surface area contributed by atoms with E-state index in [1.807, 2.05) is 0 Å². The van der Waals surface area contributed by atoms with Crippen LogP contribution in [-0.2, 0) is 4.74 Å². The number of esters is 1. The van der Waals surface area contributed by atoms with Crippen LogP contribution in [0.3, 0.4) is 0 Å². The summed E-state index contributed by atoms with van der Waals surface area (Å²) in [5.74, 6) is -0.449. The lowest BCUT2D eigenvalue weighted by atomic mass is 10.4. The first-order valence-corrected chi connectivity index (χ1v) is 5.15. The molecule has 5 nitrogen and oxygen atoms in total. The Balaban J connectivity index is 2.36. The molecule has 16 heavy (non-hydrogen) atoms. The summed E-state index contributed by atoms with van der Waals surface area (Å²) in [5.41, 5.74) is 0.804. The van der Waals surface area contributed by atoms with E-state index in [2.05, 4.69) is 9.97 Å². The highest BCUT2D eigenvalue weighted by molar-refractivity contribution is 6.29. The maximum atomic E-state index is 11.6. The van der Waals surface area contributed by atoms with Gasteiger partial charge in [-0.05, 0) is 13.8 Å². The predicted octanol–water partition coefficient (Wildman–Crippen LogP) is 1.95. The summed E-state index contributed by atoms with van der Waals surface area (Å²) in [7, 11) is 0. The Morgan fingerprint density at radius 2 is 2.25 bits per heavy atom. The van der Waals surface area contributed by atoms with Crippen molar-refractivity contribution in [3.63, 3.8) is 0 Å². The van der Waals surface area contributed by atoms with E-state index in [4.69, 9.17) is 16.3 Å². The molecule has 0 aliphatic heterocycles. The molecule has 0 aromatic carbocycles. The lowest BCUT2D eigenvalue weighted by Gasteiger charge is -2.04. The van der Waals surface area contributed by atoms with Crippen LogP contribution in [0.1, 0.15) is 24.3 Å². The van der Waals surface area contributed by atoms with Crippen LogP contribution in [0.2, 0.25) is 5.15 Å². The van der Waals surface area contributed by atoms with Gasteiger partial charge in [0.05, 0.1) is 12.3 Å². The van der Waals surface area contributed by atoms with Gasteiger partial charge >= 0.3 is 5.97 Å². The van der Waals surface area contributed by atoms with Crippen LogP contribution in [0.5, 0.6) is 0 Å². The van der Waals surface area contributed by atoms with Crippen molar-refractivity contribution in [2.45, 2.75) is 20.0 Å². The first-order chi connectivity index (χ1) is 7.56. The van der Waals surface area contributed by atoms with Crippen molar-refractivity contribution in [3.05, 3.63) is 29.4 Å². The highest BCUT2D eigenvalue weighted by atomic mass is 35.5. The molecular formula is C10H10ClN3O2. The van der Waals surface area contributed by atoms with Crippen LogP contribution >= 0.6 is 11.6 Å². The number of ether oxygens (including phenoxy) is 1. The number of hydrogen-bond donors (Lipinski definition) is 0. The van der Waals surface area contributed by atoms with E-state index in [9.17, 15) is 4.79 Å². The van der Waals surface area contributed by atoms with Crippen molar-refractivity contribution >= 4 is 23.2 Å². The predicted molar refractivity (Wildman–Crippen MR) is 58.5 cm³/mol. The second kappa shape index (κ2) is 4.09. The Kier molecular flexibility index (Phi) is 2.78. The van der Waals surface area contributed by atoms with Crippen LogP contribution < -0.4 is 0 Å². The van der Waals surface area contributed by atoms with Crippen LogP contribution in [0.25, 0.3) is 5.65 Å². The maximum absolute atomic E-state index is 11.6.